The van der Waals surface area contributed by atoms with Crippen LogP contribution in [0.3, 0.4) is 0 Å². The van der Waals surface area contributed by atoms with Crippen LogP contribution in [0.4, 0.5) is 17.2 Å². The largest absolute Gasteiger partial charge is 0.382 e. The van der Waals surface area contributed by atoms with Gasteiger partial charge in [-0.3, -0.25) is 4.79 Å². The third-order valence-electron chi connectivity index (χ3n) is 6.12. The molecule has 6 heteroatoms. The van der Waals surface area contributed by atoms with Crippen molar-refractivity contribution in [3.8, 4) is 0 Å². The van der Waals surface area contributed by atoms with Crippen LogP contribution in [0, 0.1) is 0 Å². The predicted molar refractivity (Wildman–Crippen MR) is 133 cm³/mol. The number of nitrogens with two attached hydrogens (primary N) is 1. The lowest BCUT2D eigenvalue weighted by molar-refractivity contribution is -0.104. The van der Waals surface area contributed by atoms with Crippen molar-refractivity contribution in [3.05, 3.63) is 83.1 Å². The summed E-state index contributed by atoms with van der Waals surface area (Å²) in [6.07, 6.45) is 8.82. The lowest BCUT2D eigenvalue weighted by Gasteiger charge is -2.36. The van der Waals surface area contributed by atoms with Gasteiger partial charge in [0, 0.05) is 63.2 Å². The molecular weight excluding hydrogens is 398 g/mol. The average Bonchev–Trinajstić information content (AvgIpc) is 3.12. The summed E-state index contributed by atoms with van der Waals surface area (Å²) in [5.41, 5.74) is 12.3. The molecule has 2 N–H and O–H groups in total. The molecule has 164 valence electrons. The molecule has 0 radical (unpaired) electrons. The van der Waals surface area contributed by atoms with Gasteiger partial charge in [-0.1, -0.05) is 36.4 Å². The first-order chi connectivity index (χ1) is 15.4. The number of aldehydes is 1. The summed E-state index contributed by atoms with van der Waals surface area (Å²) < 4.78 is 1.73. The summed E-state index contributed by atoms with van der Waals surface area (Å²) >= 11 is 0. The highest BCUT2D eigenvalue weighted by atomic mass is 16.1. The molecule has 2 aromatic carbocycles. The molecule has 0 spiro atoms. The van der Waals surface area contributed by atoms with Crippen LogP contribution in [0.2, 0.25) is 0 Å². The van der Waals surface area contributed by atoms with Crippen LogP contribution in [0.15, 0.2) is 60.7 Å². The lowest BCUT2D eigenvalue weighted by atomic mass is 9.68. The van der Waals surface area contributed by atoms with Gasteiger partial charge in [-0.15, -0.1) is 0 Å². The van der Waals surface area contributed by atoms with Gasteiger partial charge in [0.15, 0.2) is 5.82 Å². The highest BCUT2D eigenvalue weighted by molar-refractivity contribution is 5.74. The molecule has 0 unspecified atom stereocenters. The monoisotopic (exact) mass is 427 g/mol. The Morgan fingerprint density at radius 1 is 1.00 bits per heavy atom. The molecule has 0 amide bonds. The van der Waals surface area contributed by atoms with E-state index < -0.39 is 5.41 Å². The van der Waals surface area contributed by atoms with Crippen molar-refractivity contribution >= 4 is 35.8 Å². The van der Waals surface area contributed by atoms with E-state index in [1.165, 1.54) is 17.2 Å². The second-order valence-electron chi connectivity index (χ2n) is 8.54. The quantitative estimate of drug-likeness (QED) is 0.478. The number of fused-ring (bicyclic) bond motifs is 1. The van der Waals surface area contributed by atoms with Gasteiger partial charge in [0.1, 0.15) is 6.29 Å². The van der Waals surface area contributed by atoms with Gasteiger partial charge in [-0.2, -0.15) is 5.10 Å². The standard InChI is InChI=1S/C26H29N5O/c1-29(2)21-10-5-8-19(16-21)26(20-9-6-11-22(17-20)30(3)4)13-12-23-24(18-26)31(14-7-15-32)28-25(23)27/h5-17H,18H2,1-4H3,(H2,27,28). The van der Waals surface area contributed by atoms with E-state index in [2.05, 4.69) is 75.6 Å². The summed E-state index contributed by atoms with van der Waals surface area (Å²) in [6, 6.07) is 17.3. The molecule has 1 aliphatic carbocycles. The number of benzene rings is 2. The van der Waals surface area contributed by atoms with E-state index >= 15 is 0 Å². The summed E-state index contributed by atoms with van der Waals surface area (Å²) in [5, 5.41) is 4.46. The maximum absolute atomic E-state index is 10.9. The van der Waals surface area contributed by atoms with Crippen LogP contribution in [0.5, 0.6) is 0 Å². The van der Waals surface area contributed by atoms with Gasteiger partial charge in [0.25, 0.3) is 0 Å². The second kappa shape index (κ2) is 8.38. The zero-order chi connectivity index (χ0) is 22.9. The molecule has 3 aromatic rings. The Bertz CT molecular complexity index is 1150. The van der Waals surface area contributed by atoms with Crippen LogP contribution in [-0.4, -0.2) is 44.3 Å². The predicted octanol–water partition coefficient (Wildman–Crippen LogP) is 3.82. The van der Waals surface area contributed by atoms with Crippen molar-refractivity contribution in [1.82, 2.24) is 9.78 Å². The van der Waals surface area contributed by atoms with Crippen LogP contribution >= 0.6 is 0 Å². The number of hydrogen-bond donors (Lipinski definition) is 1. The van der Waals surface area contributed by atoms with Crippen LogP contribution in [0.25, 0.3) is 12.3 Å². The van der Waals surface area contributed by atoms with Crippen molar-refractivity contribution in [2.75, 3.05) is 43.7 Å². The molecule has 0 aliphatic heterocycles. The number of rotatable bonds is 6. The molecule has 0 atom stereocenters. The van der Waals surface area contributed by atoms with Crippen molar-refractivity contribution in [3.63, 3.8) is 0 Å². The number of aromatic nitrogens is 2. The molecule has 1 heterocycles. The highest BCUT2D eigenvalue weighted by Gasteiger charge is 2.37. The van der Waals surface area contributed by atoms with Gasteiger partial charge < -0.3 is 15.5 Å². The number of carbonyl (C=O) groups excluding carboxylic acids is 1. The third-order valence-corrected chi connectivity index (χ3v) is 6.12. The fourth-order valence-electron chi connectivity index (χ4n) is 4.33. The van der Waals surface area contributed by atoms with Gasteiger partial charge in [-0.05, 0) is 41.5 Å². The van der Waals surface area contributed by atoms with Crippen molar-refractivity contribution in [2.24, 2.45) is 0 Å². The fourth-order valence-corrected chi connectivity index (χ4v) is 4.33. The summed E-state index contributed by atoms with van der Waals surface area (Å²) in [7, 11) is 8.20. The minimum absolute atomic E-state index is 0.412. The number of anilines is 3. The Morgan fingerprint density at radius 3 is 2.12 bits per heavy atom. The minimum atomic E-state index is -0.412. The second-order valence-corrected chi connectivity index (χ2v) is 8.54. The minimum Gasteiger partial charge on any atom is -0.382 e. The van der Waals surface area contributed by atoms with E-state index in [4.69, 9.17) is 5.73 Å². The van der Waals surface area contributed by atoms with Gasteiger partial charge in [0.2, 0.25) is 0 Å². The Hall–Kier alpha value is -3.80. The first-order valence-corrected chi connectivity index (χ1v) is 10.6. The number of nitrogen functional groups attached to an aromatic ring is 1. The molecule has 6 nitrogen and oxygen atoms in total. The van der Waals surface area contributed by atoms with Crippen LogP contribution in [-0.2, 0) is 16.6 Å². The van der Waals surface area contributed by atoms with Crippen molar-refractivity contribution in [2.45, 2.75) is 11.8 Å². The SMILES string of the molecule is CN(C)c1cccc(C2(c3cccc(N(C)C)c3)C=Cc3c(N)nn(C=CC=O)c3C2)c1. The smallest absolute Gasteiger partial charge is 0.153 e. The Balaban J connectivity index is 1.95. The number of hydrogen-bond acceptors (Lipinski definition) is 5. The molecule has 0 saturated carbocycles. The van der Waals surface area contributed by atoms with E-state index in [1.54, 1.807) is 10.9 Å². The number of nitrogens with zero attached hydrogens (tertiary/aromatic N) is 4. The maximum atomic E-state index is 10.9. The topological polar surface area (TPSA) is 67.4 Å². The highest BCUT2D eigenvalue weighted by Crippen LogP contribution is 2.44. The molecule has 32 heavy (non-hydrogen) atoms. The Kier molecular flexibility index (Phi) is 5.61. The molecule has 0 fully saturated rings. The third kappa shape index (κ3) is 3.68. The first-order valence-electron chi connectivity index (χ1n) is 10.6. The lowest BCUT2D eigenvalue weighted by Crippen LogP contribution is -2.32. The zero-order valence-electron chi connectivity index (χ0n) is 19.0. The maximum Gasteiger partial charge on any atom is 0.153 e. The van der Waals surface area contributed by atoms with E-state index in [0.717, 1.165) is 28.9 Å². The zero-order valence-corrected chi connectivity index (χ0v) is 19.0. The number of allylic oxidation sites excluding steroid dienone is 2. The summed E-state index contributed by atoms with van der Waals surface area (Å²) in [4.78, 5) is 15.2. The normalized spacial score (nSPS) is 14.4. The van der Waals surface area contributed by atoms with E-state index in [9.17, 15) is 4.79 Å². The molecule has 1 aromatic heterocycles. The van der Waals surface area contributed by atoms with Crippen LogP contribution in [0.1, 0.15) is 22.4 Å². The summed E-state index contributed by atoms with van der Waals surface area (Å²) in [6.45, 7) is 0. The number of carbonyl (C=O) groups is 1. The first kappa shape index (κ1) is 21.4. The van der Waals surface area contributed by atoms with E-state index in [0.29, 0.717) is 12.2 Å². The molecule has 0 bridgehead atoms. The van der Waals surface area contributed by atoms with Crippen LogP contribution < -0.4 is 15.5 Å². The molecule has 0 saturated heterocycles. The molecule has 4 rings (SSSR count). The van der Waals surface area contributed by atoms with Gasteiger partial charge in [-0.25, -0.2) is 4.68 Å². The van der Waals surface area contributed by atoms with Crippen molar-refractivity contribution in [1.29, 1.82) is 0 Å². The Morgan fingerprint density at radius 2 is 1.59 bits per heavy atom. The van der Waals surface area contributed by atoms with E-state index in [1.807, 2.05) is 28.2 Å². The molecule has 1 aliphatic rings. The average molecular weight is 428 g/mol. The Labute approximate surface area is 189 Å². The molecular formula is C26H29N5O. The van der Waals surface area contributed by atoms with Gasteiger partial charge >= 0.3 is 0 Å². The summed E-state index contributed by atoms with van der Waals surface area (Å²) in [5.74, 6) is 0.462. The van der Waals surface area contributed by atoms with Gasteiger partial charge in [0.05, 0.1) is 5.69 Å². The van der Waals surface area contributed by atoms with Crippen molar-refractivity contribution < 1.29 is 4.79 Å². The fraction of sp³-hybridized carbons (Fsp3) is 0.231. The van der Waals surface area contributed by atoms with E-state index in [-0.39, 0.29) is 0 Å².